The Kier molecular flexibility index (Phi) is 4.08. The Morgan fingerprint density at radius 1 is 1.30 bits per heavy atom. The molecule has 0 radical (unpaired) electrons. The fraction of sp³-hybridized carbons (Fsp3) is 0.867. The number of piperidine rings is 1. The topological polar surface area (TPSA) is 62.4 Å². The number of aromatic nitrogens is 2. The van der Waals surface area contributed by atoms with Crippen LogP contribution in [0.1, 0.15) is 62.6 Å². The summed E-state index contributed by atoms with van der Waals surface area (Å²) in [5.74, 6) is 1.81. The van der Waals surface area contributed by atoms with E-state index in [1.807, 2.05) is 6.92 Å². The van der Waals surface area contributed by atoms with Crippen molar-refractivity contribution in [3.05, 3.63) is 11.7 Å². The number of hydrogen-bond donors (Lipinski definition) is 1. The molecule has 2 aliphatic rings. The van der Waals surface area contributed by atoms with Crippen molar-refractivity contribution >= 4 is 0 Å². The molecule has 1 saturated heterocycles. The maximum Gasteiger partial charge on any atom is 0.231 e. The van der Waals surface area contributed by atoms with Crippen LogP contribution < -0.4 is 0 Å². The molecule has 1 saturated carbocycles. The van der Waals surface area contributed by atoms with Gasteiger partial charge in [-0.3, -0.25) is 4.90 Å². The molecule has 0 aromatic carbocycles. The molecule has 1 aromatic heterocycles. The third kappa shape index (κ3) is 3.20. The van der Waals surface area contributed by atoms with Crippen LogP contribution in [-0.4, -0.2) is 45.4 Å². The van der Waals surface area contributed by atoms with Gasteiger partial charge in [-0.15, -0.1) is 0 Å². The molecule has 2 heterocycles. The second-order valence-electron chi connectivity index (χ2n) is 6.54. The van der Waals surface area contributed by atoms with Crippen molar-refractivity contribution in [3.8, 4) is 0 Å². The molecule has 1 N–H and O–H groups in total. The van der Waals surface area contributed by atoms with Crippen LogP contribution in [0.25, 0.3) is 0 Å². The smallest absolute Gasteiger partial charge is 0.231 e. The second-order valence-corrected chi connectivity index (χ2v) is 6.54. The molecule has 0 spiro atoms. The van der Waals surface area contributed by atoms with Crippen LogP contribution in [0.15, 0.2) is 4.52 Å². The van der Waals surface area contributed by atoms with E-state index in [1.165, 1.54) is 6.42 Å². The summed E-state index contributed by atoms with van der Waals surface area (Å²) in [5, 5.41) is 14.6. The van der Waals surface area contributed by atoms with E-state index in [1.54, 1.807) is 0 Å². The summed E-state index contributed by atoms with van der Waals surface area (Å²) in [7, 11) is 0. The standard InChI is InChI=1S/C15H25N3O2/c1-12-16-14(20-17-12)13-6-5-9-18(10-13)11-15(19)7-3-2-4-8-15/h13,19H,2-11H2,1H3. The monoisotopic (exact) mass is 279 g/mol. The minimum absolute atomic E-state index is 0.331. The van der Waals surface area contributed by atoms with E-state index >= 15 is 0 Å². The zero-order valence-corrected chi connectivity index (χ0v) is 12.3. The minimum atomic E-state index is -0.467. The lowest BCUT2D eigenvalue weighted by Gasteiger charge is -2.39. The summed E-state index contributed by atoms with van der Waals surface area (Å²) in [5.41, 5.74) is -0.467. The van der Waals surface area contributed by atoms with Crippen molar-refractivity contribution in [2.45, 2.75) is 63.4 Å². The molecule has 0 amide bonds. The number of hydrogen-bond acceptors (Lipinski definition) is 5. The van der Waals surface area contributed by atoms with Gasteiger partial charge >= 0.3 is 0 Å². The largest absolute Gasteiger partial charge is 0.389 e. The average molecular weight is 279 g/mol. The van der Waals surface area contributed by atoms with Gasteiger partial charge < -0.3 is 9.63 Å². The highest BCUT2D eigenvalue weighted by Gasteiger charge is 2.34. The number of aryl methyl sites for hydroxylation is 1. The van der Waals surface area contributed by atoms with Gasteiger partial charge in [-0.05, 0) is 39.2 Å². The summed E-state index contributed by atoms with van der Waals surface area (Å²) < 4.78 is 5.32. The highest BCUT2D eigenvalue weighted by molar-refractivity contribution is 4.97. The van der Waals surface area contributed by atoms with Crippen molar-refractivity contribution in [2.75, 3.05) is 19.6 Å². The summed E-state index contributed by atoms with van der Waals surface area (Å²) in [6.07, 6.45) is 7.75. The van der Waals surface area contributed by atoms with Crippen molar-refractivity contribution in [2.24, 2.45) is 0 Å². The van der Waals surface area contributed by atoms with E-state index in [9.17, 15) is 5.11 Å². The molecule has 0 bridgehead atoms. The van der Waals surface area contributed by atoms with E-state index in [4.69, 9.17) is 4.52 Å². The van der Waals surface area contributed by atoms with E-state index in [-0.39, 0.29) is 0 Å². The lowest BCUT2D eigenvalue weighted by molar-refractivity contribution is -0.0322. The Morgan fingerprint density at radius 2 is 2.10 bits per heavy atom. The molecule has 3 rings (SSSR count). The fourth-order valence-electron chi connectivity index (χ4n) is 3.66. The van der Waals surface area contributed by atoms with Crippen LogP contribution in [0.5, 0.6) is 0 Å². The van der Waals surface area contributed by atoms with Crippen LogP contribution >= 0.6 is 0 Å². The number of β-amino-alcohol motifs (C(OH)–C–C–N with tert-alkyl or cyclic N) is 1. The van der Waals surface area contributed by atoms with Crippen molar-refractivity contribution in [1.82, 2.24) is 15.0 Å². The maximum absolute atomic E-state index is 10.7. The first-order valence-corrected chi connectivity index (χ1v) is 7.90. The quantitative estimate of drug-likeness (QED) is 0.919. The lowest BCUT2D eigenvalue weighted by atomic mass is 9.84. The second kappa shape index (κ2) is 5.82. The molecule has 1 aliphatic carbocycles. The zero-order chi connectivity index (χ0) is 14.0. The number of rotatable bonds is 3. The van der Waals surface area contributed by atoms with Gasteiger partial charge in [0.05, 0.1) is 11.5 Å². The molecular weight excluding hydrogens is 254 g/mol. The zero-order valence-electron chi connectivity index (χ0n) is 12.3. The van der Waals surface area contributed by atoms with Crippen LogP contribution in [0.2, 0.25) is 0 Å². The van der Waals surface area contributed by atoms with Crippen molar-refractivity contribution < 1.29 is 9.63 Å². The summed E-state index contributed by atoms with van der Waals surface area (Å²) in [6.45, 7) is 4.67. The molecule has 1 aliphatic heterocycles. The highest BCUT2D eigenvalue weighted by atomic mass is 16.5. The Bertz CT molecular complexity index is 440. The van der Waals surface area contributed by atoms with Crippen molar-refractivity contribution in [1.29, 1.82) is 0 Å². The Labute approximate surface area is 120 Å². The average Bonchev–Trinajstić information content (AvgIpc) is 2.86. The summed E-state index contributed by atoms with van der Waals surface area (Å²) in [4.78, 5) is 6.75. The summed E-state index contributed by atoms with van der Waals surface area (Å²) >= 11 is 0. The van der Waals surface area contributed by atoms with Gasteiger partial charge in [0, 0.05) is 13.1 Å². The van der Waals surface area contributed by atoms with Gasteiger partial charge in [0.1, 0.15) is 0 Å². The normalized spacial score (nSPS) is 27.6. The minimum Gasteiger partial charge on any atom is -0.389 e. The first-order chi connectivity index (χ1) is 9.65. The molecule has 5 heteroatoms. The number of likely N-dealkylation sites (tertiary alicyclic amines) is 1. The third-order valence-corrected chi connectivity index (χ3v) is 4.70. The lowest BCUT2D eigenvalue weighted by Crippen LogP contribution is -2.47. The molecule has 1 atom stereocenters. The SMILES string of the molecule is Cc1noc(C2CCCN(CC3(O)CCCCC3)C2)n1. The van der Waals surface area contributed by atoms with Gasteiger partial charge in [-0.2, -0.15) is 4.98 Å². The molecular formula is C15H25N3O2. The Balaban J connectivity index is 1.60. The van der Waals surface area contributed by atoms with Crippen LogP contribution in [0.4, 0.5) is 0 Å². The summed E-state index contributed by atoms with van der Waals surface area (Å²) in [6, 6.07) is 0. The molecule has 1 unspecified atom stereocenters. The molecule has 1 aromatic rings. The fourth-order valence-corrected chi connectivity index (χ4v) is 3.66. The highest BCUT2D eigenvalue weighted by Crippen LogP contribution is 2.32. The first kappa shape index (κ1) is 14.0. The number of aliphatic hydroxyl groups is 1. The first-order valence-electron chi connectivity index (χ1n) is 7.90. The van der Waals surface area contributed by atoms with Crippen LogP contribution in [0.3, 0.4) is 0 Å². The predicted molar refractivity (Wildman–Crippen MR) is 75.5 cm³/mol. The van der Waals surface area contributed by atoms with Gasteiger partial charge in [0.2, 0.25) is 5.89 Å². The molecule has 20 heavy (non-hydrogen) atoms. The maximum atomic E-state index is 10.7. The third-order valence-electron chi connectivity index (χ3n) is 4.70. The molecule has 2 fully saturated rings. The van der Waals surface area contributed by atoms with E-state index in [2.05, 4.69) is 15.0 Å². The van der Waals surface area contributed by atoms with Gasteiger partial charge in [0.25, 0.3) is 0 Å². The van der Waals surface area contributed by atoms with Crippen LogP contribution in [-0.2, 0) is 0 Å². The van der Waals surface area contributed by atoms with E-state index in [0.717, 1.165) is 64.0 Å². The predicted octanol–water partition coefficient (Wildman–Crippen LogP) is 2.25. The van der Waals surface area contributed by atoms with E-state index in [0.29, 0.717) is 11.7 Å². The van der Waals surface area contributed by atoms with Gasteiger partial charge in [0.15, 0.2) is 5.82 Å². The number of nitrogens with zero attached hydrogens (tertiary/aromatic N) is 3. The van der Waals surface area contributed by atoms with Crippen molar-refractivity contribution in [3.63, 3.8) is 0 Å². The van der Waals surface area contributed by atoms with E-state index < -0.39 is 5.60 Å². The van der Waals surface area contributed by atoms with Gasteiger partial charge in [-0.25, -0.2) is 0 Å². The molecule has 112 valence electrons. The van der Waals surface area contributed by atoms with Gasteiger partial charge in [-0.1, -0.05) is 24.4 Å². The Hall–Kier alpha value is -0.940. The Morgan fingerprint density at radius 3 is 2.80 bits per heavy atom. The van der Waals surface area contributed by atoms with Crippen LogP contribution in [0, 0.1) is 6.92 Å². The molecule has 5 nitrogen and oxygen atoms in total.